The van der Waals surface area contributed by atoms with Crippen molar-refractivity contribution < 1.29 is 38.1 Å². The number of H-pyrrole nitrogens is 1. The third-order valence-corrected chi connectivity index (χ3v) is 10.6. The van der Waals surface area contributed by atoms with Crippen LogP contribution >= 0.6 is 0 Å². The number of hydrogen-bond acceptors (Lipinski definition) is 13. The number of amides is 4. The zero-order valence-electron chi connectivity index (χ0n) is 30.9. The largest absolute Gasteiger partial charge is 0.491 e. The van der Waals surface area contributed by atoms with Crippen LogP contribution in [-0.4, -0.2) is 130 Å². The first kappa shape index (κ1) is 36.5. The lowest BCUT2D eigenvalue weighted by molar-refractivity contribution is -0.136. The van der Waals surface area contributed by atoms with Crippen LogP contribution in [0.2, 0.25) is 0 Å². The molecule has 16 heteroatoms. The maximum Gasteiger partial charge on any atom is 0.262 e. The molecule has 3 fully saturated rings. The molecule has 2 aromatic heterocycles. The second-order valence-corrected chi connectivity index (χ2v) is 14.7. The van der Waals surface area contributed by atoms with E-state index in [2.05, 4.69) is 49.1 Å². The van der Waals surface area contributed by atoms with Gasteiger partial charge in [0.15, 0.2) is 0 Å². The summed E-state index contributed by atoms with van der Waals surface area (Å²) in [6.45, 7) is 9.65. The maximum atomic E-state index is 13.0. The fourth-order valence-corrected chi connectivity index (χ4v) is 7.26. The molecule has 0 spiro atoms. The van der Waals surface area contributed by atoms with Gasteiger partial charge in [0.1, 0.15) is 47.6 Å². The van der Waals surface area contributed by atoms with Gasteiger partial charge in [-0.3, -0.25) is 39.4 Å². The highest BCUT2D eigenvalue weighted by Gasteiger charge is 2.45. The monoisotopic (exact) mass is 752 g/mol. The minimum absolute atomic E-state index is 0.0616. The number of hydrogen-bond donors (Lipinski definition) is 2. The Morgan fingerprint density at radius 3 is 2.45 bits per heavy atom. The number of carbonyl (C=O) groups excluding carboxylic acids is 4. The molecule has 55 heavy (non-hydrogen) atoms. The molecular weight excluding hydrogens is 708 g/mol. The smallest absolute Gasteiger partial charge is 0.262 e. The Labute approximate surface area is 317 Å². The highest BCUT2D eigenvalue weighted by atomic mass is 16.5. The number of carbonyl (C=O) groups is 4. The molecule has 5 heterocycles. The van der Waals surface area contributed by atoms with Gasteiger partial charge in [-0.05, 0) is 69.5 Å². The molecule has 2 saturated heterocycles. The van der Waals surface area contributed by atoms with Gasteiger partial charge in [-0.25, -0.2) is 9.97 Å². The lowest BCUT2D eigenvalue weighted by Crippen LogP contribution is -2.54. The van der Waals surface area contributed by atoms with Crippen molar-refractivity contribution in [1.82, 2.24) is 35.3 Å². The summed E-state index contributed by atoms with van der Waals surface area (Å²) in [5.74, 6) is -0.0657. The average Bonchev–Trinajstić information content (AvgIpc) is 3.66. The van der Waals surface area contributed by atoms with Crippen LogP contribution in [0.1, 0.15) is 60.2 Å². The van der Waals surface area contributed by atoms with Crippen LogP contribution in [0.4, 0.5) is 5.82 Å². The van der Waals surface area contributed by atoms with Gasteiger partial charge < -0.3 is 23.8 Å². The van der Waals surface area contributed by atoms with E-state index in [0.29, 0.717) is 38.2 Å². The first-order valence-electron chi connectivity index (χ1n) is 18.8. The van der Waals surface area contributed by atoms with Crippen LogP contribution in [-0.2, 0) is 19.1 Å². The molecule has 3 aliphatic heterocycles. The van der Waals surface area contributed by atoms with E-state index < -0.39 is 29.7 Å². The van der Waals surface area contributed by atoms with Crippen molar-refractivity contribution in [2.24, 2.45) is 0 Å². The molecule has 0 radical (unpaired) electrons. The normalized spacial score (nSPS) is 20.9. The quantitative estimate of drug-likeness (QED) is 0.134. The number of piperazine rings is 1. The number of aromatic nitrogens is 4. The van der Waals surface area contributed by atoms with E-state index in [9.17, 15) is 19.2 Å². The Bertz CT molecular complexity index is 2120. The van der Waals surface area contributed by atoms with Crippen molar-refractivity contribution in [3.8, 4) is 22.9 Å². The van der Waals surface area contributed by atoms with Gasteiger partial charge in [-0.15, -0.1) is 0 Å². The Hall–Kier alpha value is -5.45. The summed E-state index contributed by atoms with van der Waals surface area (Å²) in [4.78, 5) is 64.5. The Morgan fingerprint density at radius 1 is 0.873 bits per heavy atom. The number of aromatic amines is 1. The highest BCUT2D eigenvalue weighted by Crippen LogP contribution is 2.40. The molecule has 16 nitrogen and oxygen atoms in total. The highest BCUT2D eigenvalue weighted by molar-refractivity contribution is 6.23. The van der Waals surface area contributed by atoms with E-state index >= 15 is 0 Å². The zero-order valence-corrected chi connectivity index (χ0v) is 30.9. The van der Waals surface area contributed by atoms with Crippen molar-refractivity contribution in [2.45, 2.75) is 57.2 Å². The van der Waals surface area contributed by atoms with E-state index in [4.69, 9.17) is 18.9 Å². The lowest BCUT2D eigenvalue weighted by Gasteiger charge is -2.40. The third kappa shape index (κ3) is 7.88. The van der Waals surface area contributed by atoms with Crippen molar-refractivity contribution in [1.29, 1.82) is 0 Å². The average molecular weight is 753 g/mol. The number of nitrogens with zero attached hydrogens (tertiary/aromatic N) is 6. The number of ether oxygens (including phenoxy) is 4. The fraction of sp³-hybridized carbons (Fsp3) is 0.462. The SMILES string of the molecule is C[C@H]1CN(c2cc(-c3n[nH]c4ccc(OC5(C)CC5)cc34)ncn2)CCN1CCOCCOCCOc1ccc2c(c1)C(=O)N(C1CCC(=O)NC1=O)C2=O. The van der Waals surface area contributed by atoms with Gasteiger partial charge in [-0.2, -0.15) is 5.10 Å². The summed E-state index contributed by atoms with van der Waals surface area (Å²) in [7, 11) is 0. The van der Waals surface area contributed by atoms with Crippen LogP contribution in [0.5, 0.6) is 11.5 Å². The molecule has 0 bridgehead atoms. The molecule has 4 aromatic rings. The summed E-state index contributed by atoms with van der Waals surface area (Å²) in [5, 5.41) is 10.9. The Kier molecular flexibility index (Phi) is 10.2. The zero-order chi connectivity index (χ0) is 38.1. The van der Waals surface area contributed by atoms with Crippen molar-refractivity contribution >= 4 is 40.3 Å². The van der Waals surface area contributed by atoms with E-state index in [1.165, 1.54) is 12.1 Å². The van der Waals surface area contributed by atoms with Crippen LogP contribution in [0, 0.1) is 0 Å². The molecule has 1 aliphatic carbocycles. The Balaban J connectivity index is 0.734. The second kappa shape index (κ2) is 15.4. The van der Waals surface area contributed by atoms with E-state index in [1.54, 1.807) is 12.4 Å². The van der Waals surface area contributed by atoms with Crippen molar-refractivity contribution in [3.63, 3.8) is 0 Å². The van der Waals surface area contributed by atoms with Crippen LogP contribution in [0.25, 0.3) is 22.3 Å². The van der Waals surface area contributed by atoms with E-state index in [0.717, 1.165) is 77.8 Å². The standard InChI is InChI=1S/C39H44N8O8/c1-24-22-46(33-21-31(40-23-41-33)35-29-20-26(55-39(2)9-10-39)4-6-30(29)43-44-35)12-11-45(24)13-14-52-15-16-53-17-18-54-25-3-5-27-28(19-25)38(51)47(37(27)50)32-7-8-34(48)42-36(32)49/h3-6,19-21,23-24,32H,7-18,22H2,1-2H3,(H,43,44)(H,42,48,49)/t24-,32?/m0/s1. The summed E-state index contributed by atoms with van der Waals surface area (Å²) < 4.78 is 23.5. The number of rotatable bonds is 15. The first-order valence-corrected chi connectivity index (χ1v) is 18.8. The third-order valence-electron chi connectivity index (χ3n) is 10.6. The number of anilines is 1. The minimum atomic E-state index is -1.01. The molecule has 4 amide bonds. The molecule has 2 N–H and O–H groups in total. The van der Waals surface area contributed by atoms with Crippen LogP contribution in [0.15, 0.2) is 48.8 Å². The molecule has 4 aliphatic rings. The molecule has 2 aromatic carbocycles. The summed E-state index contributed by atoms with van der Waals surface area (Å²) in [6.07, 6.45) is 3.92. The fourth-order valence-electron chi connectivity index (χ4n) is 7.26. The van der Waals surface area contributed by atoms with Gasteiger partial charge in [0.2, 0.25) is 11.8 Å². The van der Waals surface area contributed by atoms with Gasteiger partial charge in [0.25, 0.3) is 11.8 Å². The number of benzene rings is 2. The molecule has 8 rings (SSSR count). The van der Waals surface area contributed by atoms with E-state index in [1.807, 2.05) is 24.3 Å². The molecule has 1 unspecified atom stereocenters. The predicted molar refractivity (Wildman–Crippen MR) is 199 cm³/mol. The van der Waals surface area contributed by atoms with Gasteiger partial charge in [0.05, 0.1) is 48.8 Å². The Morgan fingerprint density at radius 2 is 1.65 bits per heavy atom. The minimum Gasteiger partial charge on any atom is -0.491 e. The van der Waals surface area contributed by atoms with Crippen molar-refractivity contribution in [2.75, 3.05) is 64.1 Å². The molecular formula is C39H44N8O8. The number of imide groups is 2. The molecule has 2 atom stereocenters. The topological polar surface area (TPSA) is 181 Å². The van der Waals surface area contributed by atoms with Gasteiger partial charge in [-0.1, -0.05) is 0 Å². The summed E-state index contributed by atoms with van der Waals surface area (Å²) in [6, 6.07) is 11.9. The molecule has 288 valence electrons. The van der Waals surface area contributed by atoms with Crippen LogP contribution in [0.3, 0.4) is 0 Å². The number of fused-ring (bicyclic) bond motifs is 2. The van der Waals surface area contributed by atoms with Gasteiger partial charge in [0, 0.05) is 50.1 Å². The summed E-state index contributed by atoms with van der Waals surface area (Å²) >= 11 is 0. The van der Waals surface area contributed by atoms with Crippen LogP contribution < -0.4 is 19.7 Å². The summed E-state index contributed by atoms with van der Waals surface area (Å²) in [5.41, 5.74) is 2.79. The predicted octanol–water partition coefficient (Wildman–Crippen LogP) is 2.98. The number of piperidine rings is 1. The first-order chi connectivity index (χ1) is 26.7. The lowest BCUT2D eigenvalue weighted by atomic mass is 10.0. The van der Waals surface area contributed by atoms with Gasteiger partial charge >= 0.3 is 0 Å². The second-order valence-electron chi connectivity index (χ2n) is 14.7. The maximum absolute atomic E-state index is 13.0. The van der Waals surface area contributed by atoms with Crippen molar-refractivity contribution in [3.05, 3.63) is 59.9 Å². The molecule has 1 saturated carbocycles. The van der Waals surface area contributed by atoms with E-state index in [-0.39, 0.29) is 36.2 Å². The number of nitrogens with one attached hydrogen (secondary N) is 2.